The van der Waals surface area contributed by atoms with Crippen LogP contribution in [0.15, 0.2) is 18.3 Å². The van der Waals surface area contributed by atoms with Crippen molar-refractivity contribution in [1.82, 2.24) is 9.88 Å². The lowest BCUT2D eigenvalue weighted by atomic mass is 10.2. The molecule has 2 N–H and O–H groups in total. The molecule has 1 aromatic heterocycles. The fourth-order valence-corrected chi connectivity index (χ4v) is 1.54. The van der Waals surface area contributed by atoms with E-state index in [1.807, 2.05) is 6.92 Å². The van der Waals surface area contributed by atoms with Crippen molar-refractivity contribution >= 4 is 11.6 Å². The minimum absolute atomic E-state index is 0.0886. The highest BCUT2D eigenvalue weighted by atomic mass is 16.2. The second kappa shape index (κ2) is 5.49. The van der Waals surface area contributed by atoms with Gasteiger partial charge in [-0.05, 0) is 25.0 Å². The van der Waals surface area contributed by atoms with Crippen LogP contribution in [-0.4, -0.2) is 28.9 Å². The summed E-state index contributed by atoms with van der Waals surface area (Å²) in [6.45, 7) is 7.52. The van der Waals surface area contributed by atoms with E-state index in [0.29, 0.717) is 23.8 Å². The zero-order valence-corrected chi connectivity index (χ0v) is 10.1. The Bertz CT molecular complexity index is 363. The molecule has 0 fully saturated rings. The van der Waals surface area contributed by atoms with Crippen LogP contribution in [0.1, 0.15) is 31.3 Å². The quantitative estimate of drug-likeness (QED) is 0.843. The van der Waals surface area contributed by atoms with E-state index in [4.69, 9.17) is 5.73 Å². The summed E-state index contributed by atoms with van der Waals surface area (Å²) in [7, 11) is 0. The predicted molar refractivity (Wildman–Crippen MR) is 65.1 cm³/mol. The van der Waals surface area contributed by atoms with E-state index in [9.17, 15) is 4.79 Å². The largest absolute Gasteiger partial charge is 0.397 e. The SMILES string of the molecule is CCN(CC(C)C)C(=O)c1ncccc1N. The van der Waals surface area contributed by atoms with Gasteiger partial charge in [-0.2, -0.15) is 0 Å². The fourth-order valence-electron chi connectivity index (χ4n) is 1.54. The van der Waals surface area contributed by atoms with Gasteiger partial charge in [-0.15, -0.1) is 0 Å². The molecular weight excluding hydrogens is 202 g/mol. The first-order valence-electron chi connectivity index (χ1n) is 5.56. The summed E-state index contributed by atoms with van der Waals surface area (Å²) in [5.41, 5.74) is 6.53. The number of nitrogen functional groups attached to an aromatic ring is 1. The minimum Gasteiger partial charge on any atom is -0.397 e. The standard InChI is InChI=1S/C12H19N3O/c1-4-15(8-9(2)3)12(16)11-10(13)6-5-7-14-11/h5-7,9H,4,8,13H2,1-3H3. The van der Waals surface area contributed by atoms with E-state index in [1.54, 1.807) is 23.2 Å². The summed E-state index contributed by atoms with van der Waals surface area (Å²) in [6.07, 6.45) is 1.59. The Morgan fingerprint density at radius 1 is 1.56 bits per heavy atom. The number of hydrogen-bond acceptors (Lipinski definition) is 3. The Balaban J connectivity index is 2.87. The first kappa shape index (κ1) is 12.5. The molecule has 0 saturated heterocycles. The summed E-state index contributed by atoms with van der Waals surface area (Å²) in [4.78, 5) is 17.9. The number of pyridine rings is 1. The minimum atomic E-state index is -0.0886. The van der Waals surface area contributed by atoms with Crippen LogP contribution in [0.25, 0.3) is 0 Å². The number of hydrogen-bond donors (Lipinski definition) is 1. The van der Waals surface area contributed by atoms with Crippen molar-refractivity contribution in [2.75, 3.05) is 18.8 Å². The van der Waals surface area contributed by atoms with E-state index in [-0.39, 0.29) is 5.91 Å². The van der Waals surface area contributed by atoms with Crippen LogP contribution in [0, 0.1) is 5.92 Å². The summed E-state index contributed by atoms with van der Waals surface area (Å²) in [5, 5.41) is 0. The normalized spacial score (nSPS) is 10.5. The third-order valence-corrected chi connectivity index (χ3v) is 2.30. The van der Waals surface area contributed by atoms with E-state index < -0.39 is 0 Å². The van der Waals surface area contributed by atoms with Crippen molar-refractivity contribution in [2.24, 2.45) is 5.92 Å². The molecule has 1 aromatic rings. The lowest BCUT2D eigenvalue weighted by Gasteiger charge is -2.22. The van der Waals surface area contributed by atoms with Gasteiger partial charge in [0, 0.05) is 19.3 Å². The highest BCUT2D eigenvalue weighted by Crippen LogP contribution is 2.11. The van der Waals surface area contributed by atoms with Crippen LogP contribution in [0.3, 0.4) is 0 Å². The van der Waals surface area contributed by atoms with Crippen LogP contribution in [-0.2, 0) is 0 Å². The lowest BCUT2D eigenvalue weighted by molar-refractivity contribution is 0.0741. The maximum Gasteiger partial charge on any atom is 0.274 e. The fraction of sp³-hybridized carbons (Fsp3) is 0.500. The van der Waals surface area contributed by atoms with Gasteiger partial charge >= 0.3 is 0 Å². The molecule has 4 heteroatoms. The molecule has 0 spiro atoms. The monoisotopic (exact) mass is 221 g/mol. The number of carbonyl (C=O) groups is 1. The van der Waals surface area contributed by atoms with Gasteiger partial charge in [-0.3, -0.25) is 4.79 Å². The average Bonchev–Trinajstić information content (AvgIpc) is 2.25. The smallest absolute Gasteiger partial charge is 0.274 e. The number of rotatable bonds is 4. The summed E-state index contributed by atoms with van der Waals surface area (Å²) < 4.78 is 0. The van der Waals surface area contributed by atoms with Crippen molar-refractivity contribution in [3.8, 4) is 0 Å². The average molecular weight is 221 g/mol. The second-order valence-corrected chi connectivity index (χ2v) is 4.18. The van der Waals surface area contributed by atoms with Gasteiger partial charge in [0.2, 0.25) is 0 Å². The van der Waals surface area contributed by atoms with Gasteiger partial charge in [0.05, 0.1) is 5.69 Å². The lowest BCUT2D eigenvalue weighted by Crippen LogP contribution is -2.34. The molecule has 0 bridgehead atoms. The maximum absolute atomic E-state index is 12.1. The van der Waals surface area contributed by atoms with Gasteiger partial charge in [-0.1, -0.05) is 13.8 Å². The third-order valence-electron chi connectivity index (χ3n) is 2.30. The molecule has 0 atom stereocenters. The maximum atomic E-state index is 12.1. The van der Waals surface area contributed by atoms with Crippen LogP contribution >= 0.6 is 0 Å². The molecule has 0 unspecified atom stereocenters. The summed E-state index contributed by atoms with van der Waals surface area (Å²) in [6, 6.07) is 3.42. The van der Waals surface area contributed by atoms with Crippen LogP contribution in [0.4, 0.5) is 5.69 Å². The Kier molecular flexibility index (Phi) is 4.28. The molecule has 1 heterocycles. The van der Waals surface area contributed by atoms with Gasteiger partial charge < -0.3 is 10.6 Å². The van der Waals surface area contributed by atoms with Gasteiger partial charge in [0.1, 0.15) is 0 Å². The summed E-state index contributed by atoms with van der Waals surface area (Å²) in [5.74, 6) is 0.350. The van der Waals surface area contributed by atoms with E-state index in [2.05, 4.69) is 18.8 Å². The third kappa shape index (κ3) is 2.95. The van der Waals surface area contributed by atoms with Gasteiger partial charge in [-0.25, -0.2) is 4.98 Å². The van der Waals surface area contributed by atoms with Crippen LogP contribution < -0.4 is 5.73 Å². The zero-order valence-electron chi connectivity index (χ0n) is 10.1. The van der Waals surface area contributed by atoms with Crippen molar-refractivity contribution in [1.29, 1.82) is 0 Å². The molecule has 1 amide bonds. The van der Waals surface area contributed by atoms with Crippen LogP contribution in [0.2, 0.25) is 0 Å². The number of carbonyl (C=O) groups excluding carboxylic acids is 1. The molecule has 0 radical (unpaired) electrons. The molecule has 4 nitrogen and oxygen atoms in total. The van der Waals surface area contributed by atoms with E-state index >= 15 is 0 Å². The topological polar surface area (TPSA) is 59.2 Å². The number of nitrogens with zero attached hydrogens (tertiary/aromatic N) is 2. The van der Waals surface area contributed by atoms with Crippen molar-refractivity contribution < 1.29 is 4.79 Å². The van der Waals surface area contributed by atoms with Gasteiger partial charge in [0.25, 0.3) is 5.91 Å². The van der Waals surface area contributed by atoms with Crippen molar-refractivity contribution in [3.63, 3.8) is 0 Å². The first-order valence-corrected chi connectivity index (χ1v) is 5.56. The molecule has 0 aliphatic carbocycles. The Morgan fingerprint density at radius 2 is 2.25 bits per heavy atom. The van der Waals surface area contributed by atoms with Crippen molar-refractivity contribution in [2.45, 2.75) is 20.8 Å². The number of aromatic nitrogens is 1. The van der Waals surface area contributed by atoms with E-state index in [0.717, 1.165) is 6.54 Å². The summed E-state index contributed by atoms with van der Waals surface area (Å²) >= 11 is 0. The highest BCUT2D eigenvalue weighted by molar-refractivity contribution is 5.97. The molecule has 0 aliphatic heterocycles. The number of amides is 1. The zero-order chi connectivity index (χ0) is 12.1. The van der Waals surface area contributed by atoms with Crippen molar-refractivity contribution in [3.05, 3.63) is 24.0 Å². The Morgan fingerprint density at radius 3 is 2.75 bits per heavy atom. The van der Waals surface area contributed by atoms with E-state index in [1.165, 1.54) is 0 Å². The number of nitrogens with two attached hydrogens (primary N) is 1. The molecule has 0 aromatic carbocycles. The molecule has 16 heavy (non-hydrogen) atoms. The van der Waals surface area contributed by atoms with Crippen LogP contribution in [0.5, 0.6) is 0 Å². The molecule has 88 valence electrons. The number of anilines is 1. The predicted octanol–water partition coefficient (Wildman–Crippen LogP) is 1.78. The highest BCUT2D eigenvalue weighted by Gasteiger charge is 2.18. The first-order chi connectivity index (χ1) is 7.56. The molecular formula is C12H19N3O. The molecule has 0 aliphatic rings. The Hall–Kier alpha value is -1.58. The van der Waals surface area contributed by atoms with Gasteiger partial charge in [0.15, 0.2) is 5.69 Å². The Labute approximate surface area is 96.5 Å². The molecule has 0 saturated carbocycles. The molecule has 1 rings (SSSR count). The second-order valence-electron chi connectivity index (χ2n) is 4.18.